The Balaban J connectivity index is 1.86. The molecule has 0 radical (unpaired) electrons. The van der Waals surface area contributed by atoms with Crippen LogP contribution in [0.5, 0.6) is 5.75 Å². The van der Waals surface area contributed by atoms with Crippen molar-refractivity contribution in [3.63, 3.8) is 0 Å². The number of rotatable bonds is 3. The quantitative estimate of drug-likeness (QED) is 0.759. The van der Waals surface area contributed by atoms with E-state index in [1.807, 2.05) is 37.3 Å². The average molecular weight is 317 g/mol. The summed E-state index contributed by atoms with van der Waals surface area (Å²) >= 11 is 0. The van der Waals surface area contributed by atoms with Gasteiger partial charge >= 0.3 is 0 Å². The van der Waals surface area contributed by atoms with Crippen LogP contribution in [0.4, 0.5) is 5.69 Å². The molecule has 0 saturated heterocycles. The minimum Gasteiger partial charge on any atom is -0.494 e. The van der Waals surface area contributed by atoms with Crippen molar-refractivity contribution in [2.75, 3.05) is 11.9 Å². The zero-order chi connectivity index (χ0) is 16.5. The molecule has 3 nitrogen and oxygen atoms in total. The third-order valence-corrected chi connectivity index (χ3v) is 4.56. The zero-order valence-corrected chi connectivity index (χ0v) is 13.6. The second-order valence-corrected chi connectivity index (χ2v) is 6.06. The number of hydrogen-bond acceptors (Lipinski definition) is 2. The lowest BCUT2D eigenvalue weighted by atomic mass is 9.83. The van der Waals surface area contributed by atoms with E-state index in [0.29, 0.717) is 13.0 Å². The predicted molar refractivity (Wildman–Crippen MR) is 96.6 cm³/mol. The predicted octanol–water partition coefficient (Wildman–Crippen LogP) is 4.71. The Bertz CT molecular complexity index is 917. The number of fused-ring (bicyclic) bond motifs is 3. The zero-order valence-electron chi connectivity index (χ0n) is 13.6. The molecule has 120 valence electrons. The van der Waals surface area contributed by atoms with Crippen LogP contribution in [0.25, 0.3) is 10.8 Å². The number of ether oxygens (including phenoxy) is 1. The molecule has 0 spiro atoms. The number of nitrogens with one attached hydrogen (secondary N) is 1. The number of anilines is 1. The van der Waals surface area contributed by atoms with Crippen molar-refractivity contribution in [1.82, 2.24) is 0 Å². The topological polar surface area (TPSA) is 38.3 Å². The Morgan fingerprint density at radius 1 is 1.08 bits per heavy atom. The summed E-state index contributed by atoms with van der Waals surface area (Å²) in [7, 11) is 0. The number of benzene rings is 3. The van der Waals surface area contributed by atoms with Crippen molar-refractivity contribution in [3.05, 3.63) is 71.8 Å². The van der Waals surface area contributed by atoms with Gasteiger partial charge in [-0.05, 0) is 35.6 Å². The van der Waals surface area contributed by atoms with E-state index >= 15 is 0 Å². The van der Waals surface area contributed by atoms with Crippen LogP contribution < -0.4 is 10.1 Å². The van der Waals surface area contributed by atoms with Gasteiger partial charge in [-0.3, -0.25) is 4.79 Å². The Morgan fingerprint density at radius 3 is 2.83 bits per heavy atom. The Kier molecular flexibility index (Phi) is 3.69. The molecule has 1 aliphatic rings. The molecular formula is C21H19NO2. The average Bonchev–Trinajstić information content (AvgIpc) is 2.61. The summed E-state index contributed by atoms with van der Waals surface area (Å²) in [6, 6.07) is 20.5. The Morgan fingerprint density at radius 2 is 1.96 bits per heavy atom. The van der Waals surface area contributed by atoms with Crippen molar-refractivity contribution in [3.8, 4) is 5.75 Å². The molecule has 4 rings (SSSR count). The molecule has 0 aromatic heterocycles. The van der Waals surface area contributed by atoms with E-state index in [9.17, 15) is 4.79 Å². The van der Waals surface area contributed by atoms with Crippen LogP contribution in [-0.2, 0) is 4.79 Å². The smallest absolute Gasteiger partial charge is 0.225 e. The minimum atomic E-state index is 0.0544. The molecule has 0 aliphatic carbocycles. The molecule has 0 fully saturated rings. The van der Waals surface area contributed by atoms with E-state index in [0.717, 1.165) is 27.8 Å². The largest absolute Gasteiger partial charge is 0.494 e. The summed E-state index contributed by atoms with van der Waals surface area (Å²) in [5, 5.41) is 5.30. The number of amides is 1. The van der Waals surface area contributed by atoms with Gasteiger partial charge in [0.1, 0.15) is 5.75 Å². The SMILES string of the molecule is CCOc1cccc([C@@H]2CC(=O)Nc3c2ccc2ccccc32)c1. The molecule has 1 N–H and O–H groups in total. The van der Waals surface area contributed by atoms with Gasteiger partial charge in [-0.25, -0.2) is 0 Å². The Hall–Kier alpha value is -2.81. The van der Waals surface area contributed by atoms with Crippen LogP contribution in [-0.4, -0.2) is 12.5 Å². The molecule has 1 aliphatic heterocycles. The molecule has 0 unspecified atom stereocenters. The van der Waals surface area contributed by atoms with Gasteiger partial charge in [0.2, 0.25) is 5.91 Å². The third-order valence-electron chi connectivity index (χ3n) is 4.56. The summed E-state index contributed by atoms with van der Waals surface area (Å²) in [4.78, 5) is 12.3. The van der Waals surface area contributed by atoms with Gasteiger partial charge in [0.05, 0.1) is 12.3 Å². The van der Waals surface area contributed by atoms with Crippen LogP contribution in [0.1, 0.15) is 30.4 Å². The molecular weight excluding hydrogens is 298 g/mol. The van der Waals surface area contributed by atoms with Gasteiger partial charge in [-0.15, -0.1) is 0 Å². The molecule has 3 aromatic carbocycles. The summed E-state index contributed by atoms with van der Waals surface area (Å²) in [5.41, 5.74) is 3.23. The highest BCUT2D eigenvalue weighted by atomic mass is 16.5. The van der Waals surface area contributed by atoms with E-state index < -0.39 is 0 Å². The molecule has 3 aromatic rings. The summed E-state index contributed by atoms with van der Waals surface area (Å²) in [6.07, 6.45) is 0.459. The molecule has 1 amide bonds. The first kappa shape index (κ1) is 14.8. The minimum absolute atomic E-state index is 0.0544. The van der Waals surface area contributed by atoms with E-state index in [2.05, 4.69) is 35.6 Å². The lowest BCUT2D eigenvalue weighted by Gasteiger charge is -2.27. The highest BCUT2D eigenvalue weighted by Gasteiger charge is 2.27. The van der Waals surface area contributed by atoms with Gasteiger partial charge < -0.3 is 10.1 Å². The lowest BCUT2D eigenvalue weighted by molar-refractivity contribution is -0.116. The van der Waals surface area contributed by atoms with Gasteiger partial charge in [0, 0.05) is 17.7 Å². The van der Waals surface area contributed by atoms with E-state index in [1.54, 1.807) is 0 Å². The second-order valence-electron chi connectivity index (χ2n) is 6.06. The van der Waals surface area contributed by atoms with Crippen molar-refractivity contribution in [2.24, 2.45) is 0 Å². The van der Waals surface area contributed by atoms with E-state index in [-0.39, 0.29) is 11.8 Å². The van der Waals surface area contributed by atoms with Crippen LogP contribution in [0.15, 0.2) is 60.7 Å². The summed E-state index contributed by atoms with van der Waals surface area (Å²) in [6.45, 7) is 2.61. The van der Waals surface area contributed by atoms with Crippen molar-refractivity contribution in [2.45, 2.75) is 19.3 Å². The van der Waals surface area contributed by atoms with Crippen molar-refractivity contribution >= 4 is 22.4 Å². The normalized spacial score (nSPS) is 16.5. The highest BCUT2D eigenvalue weighted by molar-refractivity contribution is 6.06. The molecule has 1 heterocycles. The molecule has 0 bridgehead atoms. The molecule has 3 heteroatoms. The van der Waals surface area contributed by atoms with Crippen LogP contribution >= 0.6 is 0 Å². The van der Waals surface area contributed by atoms with Crippen molar-refractivity contribution < 1.29 is 9.53 Å². The van der Waals surface area contributed by atoms with E-state index in [1.165, 1.54) is 5.56 Å². The first-order valence-corrected chi connectivity index (χ1v) is 8.30. The Labute approximate surface area is 141 Å². The van der Waals surface area contributed by atoms with E-state index in [4.69, 9.17) is 4.74 Å². The second kappa shape index (κ2) is 6.00. The number of hydrogen-bond donors (Lipinski definition) is 1. The fourth-order valence-corrected chi connectivity index (χ4v) is 3.49. The molecule has 1 atom stereocenters. The van der Waals surface area contributed by atoms with Crippen LogP contribution in [0.3, 0.4) is 0 Å². The van der Waals surface area contributed by atoms with Gasteiger partial charge in [0.15, 0.2) is 0 Å². The maximum Gasteiger partial charge on any atom is 0.225 e. The molecule has 24 heavy (non-hydrogen) atoms. The lowest BCUT2D eigenvalue weighted by Crippen LogP contribution is -2.23. The third kappa shape index (κ3) is 2.52. The van der Waals surface area contributed by atoms with Gasteiger partial charge in [-0.2, -0.15) is 0 Å². The maximum atomic E-state index is 12.3. The molecule has 0 saturated carbocycles. The first-order chi connectivity index (χ1) is 11.8. The first-order valence-electron chi connectivity index (χ1n) is 8.30. The highest BCUT2D eigenvalue weighted by Crippen LogP contribution is 2.41. The fourth-order valence-electron chi connectivity index (χ4n) is 3.49. The monoisotopic (exact) mass is 317 g/mol. The maximum absolute atomic E-state index is 12.3. The van der Waals surface area contributed by atoms with Crippen LogP contribution in [0.2, 0.25) is 0 Å². The van der Waals surface area contributed by atoms with Crippen molar-refractivity contribution in [1.29, 1.82) is 0 Å². The van der Waals surface area contributed by atoms with Gasteiger partial charge in [0.25, 0.3) is 0 Å². The van der Waals surface area contributed by atoms with Gasteiger partial charge in [-0.1, -0.05) is 48.5 Å². The number of carbonyl (C=O) groups excluding carboxylic acids is 1. The standard InChI is InChI=1S/C21H19NO2/c1-2-24-16-8-5-7-15(12-16)19-13-20(23)22-21-17-9-4-3-6-14(17)10-11-18(19)21/h3-12,19H,2,13H2,1H3,(H,22,23)/t19-/m0/s1. The number of carbonyl (C=O) groups is 1. The summed E-state index contributed by atoms with van der Waals surface area (Å²) < 4.78 is 5.62. The van der Waals surface area contributed by atoms with Crippen LogP contribution in [0, 0.1) is 0 Å². The summed E-state index contributed by atoms with van der Waals surface area (Å²) in [5.74, 6) is 0.966. The fraction of sp³-hybridized carbons (Fsp3) is 0.190.